The number of rotatable bonds is 4. The molecule has 2 heterocycles. The van der Waals surface area contributed by atoms with E-state index in [1.165, 1.54) is 6.26 Å². The topological polar surface area (TPSA) is 83.8 Å². The first-order valence-corrected chi connectivity index (χ1v) is 8.22. The van der Waals surface area contributed by atoms with Gasteiger partial charge in [0.05, 0.1) is 18.8 Å². The second kappa shape index (κ2) is 7.74. The zero-order valence-electron chi connectivity index (χ0n) is 14.0. The molecule has 0 unspecified atom stereocenters. The van der Waals surface area contributed by atoms with E-state index in [1.54, 1.807) is 17.0 Å². The van der Waals surface area contributed by atoms with Crippen molar-refractivity contribution in [3.05, 3.63) is 54.0 Å². The lowest BCUT2D eigenvalue weighted by Gasteiger charge is -2.26. The summed E-state index contributed by atoms with van der Waals surface area (Å²) in [7, 11) is 0. The van der Waals surface area contributed by atoms with Crippen molar-refractivity contribution in [1.82, 2.24) is 15.5 Å². The van der Waals surface area contributed by atoms with Gasteiger partial charge < -0.3 is 24.7 Å². The third-order valence-electron chi connectivity index (χ3n) is 4.02. The minimum absolute atomic E-state index is 0.0508. The van der Waals surface area contributed by atoms with Gasteiger partial charge in [0.25, 0.3) is 5.91 Å². The van der Waals surface area contributed by atoms with Crippen LogP contribution in [0.5, 0.6) is 5.75 Å². The number of urea groups is 1. The molecule has 25 heavy (non-hydrogen) atoms. The second-order valence-electron chi connectivity index (χ2n) is 5.86. The van der Waals surface area contributed by atoms with E-state index in [2.05, 4.69) is 10.6 Å². The van der Waals surface area contributed by atoms with Crippen LogP contribution in [0.25, 0.3) is 0 Å². The van der Waals surface area contributed by atoms with E-state index in [0.717, 1.165) is 11.3 Å². The maximum absolute atomic E-state index is 12.5. The standard InChI is InChI=1S/C18H21N3O4/c1-13-12-25-15-6-3-2-5-14(15)11-21(13)18(23)20-9-8-19-17(22)16-7-4-10-24-16/h2-7,10,13H,8-9,11-12H2,1H3,(H,19,22)(H,20,23)/t13-/m1/s1. The first-order chi connectivity index (χ1) is 12.1. The van der Waals surface area contributed by atoms with Crippen LogP contribution in [0.1, 0.15) is 23.0 Å². The van der Waals surface area contributed by atoms with Crippen LogP contribution in [0.2, 0.25) is 0 Å². The molecule has 1 aliphatic heterocycles. The van der Waals surface area contributed by atoms with E-state index >= 15 is 0 Å². The molecule has 0 bridgehead atoms. The Labute approximate surface area is 145 Å². The highest BCUT2D eigenvalue weighted by molar-refractivity contribution is 5.91. The molecule has 1 aromatic carbocycles. The fourth-order valence-corrected chi connectivity index (χ4v) is 2.63. The Bertz CT molecular complexity index is 730. The number of hydrogen-bond acceptors (Lipinski definition) is 4. The summed E-state index contributed by atoms with van der Waals surface area (Å²) < 4.78 is 10.8. The van der Waals surface area contributed by atoms with E-state index in [0.29, 0.717) is 26.2 Å². The molecule has 0 aliphatic carbocycles. The minimum Gasteiger partial charge on any atom is -0.491 e. The molecule has 2 aromatic rings. The normalized spacial score (nSPS) is 16.4. The third kappa shape index (κ3) is 4.12. The van der Waals surface area contributed by atoms with Gasteiger partial charge >= 0.3 is 6.03 Å². The summed E-state index contributed by atoms with van der Waals surface area (Å²) in [6, 6.07) is 10.7. The van der Waals surface area contributed by atoms with Gasteiger partial charge in [-0.05, 0) is 25.1 Å². The quantitative estimate of drug-likeness (QED) is 0.832. The summed E-state index contributed by atoms with van der Waals surface area (Å²) in [4.78, 5) is 26.0. The van der Waals surface area contributed by atoms with Crippen LogP contribution in [-0.4, -0.2) is 42.6 Å². The molecule has 1 atom stereocenters. The number of ether oxygens (including phenoxy) is 1. The number of furan rings is 1. The molecule has 132 valence electrons. The molecule has 1 aromatic heterocycles. The number of carbonyl (C=O) groups excluding carboxylic acids is 2. The third-order valence-corrected chi connectivity index (χ3v) is 4.02. The predicted molar refractivity (Wildman–Crippen MR) is 91.4 cm³/mol. The number of benzene rings is 1. The smallest absolute Gasteiger partial charge is 0.318 e. The van der Waals surface area contributed by atoms with Crippen molar-refractivity contribution < 1.29 is 18.7 Å². The fraction of sp³-hybridized carbons (Fsp3) is 0.333. The SMILES string of the molecule is C[C@@H]1COc2ccccc2CN1C(=O)NCCNC(=O)c1ccco1. The average molecular weight is 343 g/mol. The highest BCUT2D eigenvalue weighted by atomic mass is 16.5. The van der Waals surface area contributed by atoms with Gasteiger partial charge in [0.1, 0.15) is 12.4 Å². The number of para-hydroxylation sites is 1. The van der Waals surface area contributed by atoms with E-state index in [4.69, 9.17) is 9.15 Å². The molecule has 0 spiro atoms. The van der Waals surface area contributed by atoms with Crippen molar-refractivity contribution in [2.45, 2.75) is 19.5 Å². The Morgan fingerprint density at radius 2 is 1.96 bits per heavy atom. The monoisotopic (exact) mass is 343 g/mol. The Morgan fingerprint density at radius 1 is 1.16 bits per heavy atom. The van der Waals surface area contributed by atoms with Crippen LogP contribution < -0.4 is 15.4 Å². The van der Waals surface area contributed by atoms with Crippen molar-refractivity contribution in [3.63, 3.8) is 0 Å². The maximum Gasteiger partial charge on any atom is 0.318 e. The molecule has 0 radical (unpaired) electrons. The molecule has 7 heteroatoms. The zero-order valence-corrected chi connectivity index (χ0v) is 14.0. The average Bonchev–Trinajstić information content (AvgIpc) is 3.10. The molecule has 1 aliphatic rings. The molecule has 3 amide bonds. The molecule has 3 rings (SSSR count). The first-order valence-electron chi connectivity index (χ1n) is 8.22. The molecule has 0 saturated carbocycles. The highest BCUT2D eigenvalue weighted by Gasteiger charge is 2.25. The highest BCUT2D eigenvalue weighted by Crippen LogP contribution is 2.24. The Hall–Kier alpha value is -2.96. The summed E-state index contributed by atoms with van der Waals surface area (Å²) in [5.74, 6) is 0.765. The number of carbonyl (C=O) groups is 2. The van der Waals surface area contributed by atoms with Gasteiger partial charge in [-0.1, -0.05) is 18.2 Å². The lowest BCUT2D eigenvalue weighted by atomic mass is 10.2. The van der Waals surface area contributed by atoms with Crippen LogP contribution in [-0.2, 0) is 6.54 Å². The number of amides is 3. The molecule has 0 fully saturated rings. The van der Waals surface area contributed by atoms with E-state index in [1.807, 2.05) is 31.2 Å². The largest absolute Gasteiger partial charge is 0.491 e. The van der Waals surface area contributed by atoms with E-state index < -0.39 is 0 Å². The number of fused-ring (bicyclic) bond motifs is 1. The summed E-state index contributed by atoms with van der Waals surface area (Å²) in [6.45, 7) is 3.53. The van der Waals surface area contributed by atoms with Gasteiger partial charge in [0, 0.05) is 18.7 Å². The summed E-state index contributed by atoms with van der Waals surface area (Å²) in [5.41, 5.74) is 0.980. The van der Waals surface area contributed by atoms with Gasteiger partial charge in [0.2, 0.25) is 0 Å². The van der Waals surface area contributed by atoms with Crippen LogP contribution in [0, 0.1) is 0 Å². The molecule has 0 saturated heterocycles. The van der Waals surface area contributed by atoms with Gasteiger partial charge in [-0.3, -0.25) is 4.79 Å². The molecule has 2 N–H and O–H groups in total. The lowest BCUT2D eigenvalue weighted by molar-refractivity contribution is 0.0925. The summed E-state index contributed by atoms with van der Waals surface area (Å²) in [6.07, 6.45) is 1.44. The van der Waals surface area contributed by atoms with E-state index in [9.17, 15) is 9.59 Å². The minimum atomic E-state index is -0.301. The number of nitrogens with zero attached hydrogens (tertiary/aromatic N) is 1. The lowest BCUT2D eigenvalue weighted by Crippen LogP contribution is -2.47. The first kappa shape index (κ1) is 16.9. The van der Waals surface area contributed by atoms with Gasteiger partial charge in [-0.25, -0.2) is 4.79 Å². The zero-order chi connectivity index (χ0) is 17.6. The summed E-state index contributed by atoms with van der Waals surface area (Å²) >= 11 is 0. The molecular weight excluding hydrogens is 322 g/mol. The molecule has 7 nitrogen and oxygen atoms in total. The number of nitrogens with one attached hydrogen (secondary N) is 2. The Morgan fingerprint density at radius 3 is 2.76 bits per heavy atom. The van der Waals surface area contributed by atoms with Crippen molar-refractivity contribution in [2.75, 3.05) is 19.7 Å². The maximum atomic E-state index is 12.5. The predicted octanol–water partition coefficient (Wildman–Crippen LogP) is 2.00. The second-order valence-corrected chi connectivity index (χ2v) is 5.86. The van der Waals surface area contributed by atoms with Crippen LogP contribution >= 0.6 is 0 Å². The summed E-state index contributed by atoms with van der Waals surface area (Å²) in [5, 5.41) is 5.52. The molecular formula is C18H21N3O4. The fourth-order valence-electron chi connectivity index (χ4n) is 2.63. The van der Waals surface area contributed by atoms with Gasteiger partial charge in [0.15, 0.2) is 5.76 Å². The van der Waals surface area contributed by atoms with Crippen LogP contribution in [0.4, 0.5) is 4.79 Å². The Kier molecular flexibility index (Phi) is 5.23. The number of hydrogen-bond donors (Lipinski definition) is 2. The van der Waals surface area contributed by atoms with Crippen molar-refractivity contribution in [2.24, 2.45) is 0 Å². The Balaban J connectivity index is 1.49. The van der Waals surface area contributed by atoms with Crippen LogP contribution in [0.15, 0.2) is 47.1 Å². The van der Waals surface area contributed by atoms with Gasteiger partial charge in [-0.15, -0.1) is 0 Å². The van der Waals surface area contributed by atoms with Gasteiger partial charge in [-0.2, -0.15) is 0 Å². The van der Waals surface area contributed by atoms with Crippen molar-refractivity contribution in [3.8, 4) is 5.75 Å². The van der Waals surface area contributed by atoms with Crippen molar-refractivity contribution >= 4 is 11.9 Å². The van der Waals surface area contributed by atoms with Crippen LogP contribution in [0.3, 0.4) is 0 Å². The van der Waals surface area contributed by atoms with E-state index in [-0.39, 0.29) is 23.7 Å². The van der Waals surface area contributed by atoms with Crippen molar-refractivity contribution in [1.29, 1.82) is 0 Å².